The molecule has 0 bridgehead atoms. The molecule has 0 spiro atoms. The van der Waals surface area contributed by atoms with Crippen molar-refractivity contribution in [1.82, 2.24) is 14.3 Å². The summed E-state index contributed by atoms with van der Waals surface area (Å²) in [6, 6.07) is 4.03. The Morgan fingerprint density at radius 2 is 2.08 bits per heavy atom. The third-order valence-electron chi connectivity index (χ3n) is 4.03. The molecule has 7 heteroatoms. The number of thiophene rings is 1. The Labute approximate surface area is 153 Å². The van der Waals surface area contributed by atoms with Gasteiger partial charge in [0.15, 0.2) is 4.96 Å². The summed E-state index contributed by atoms with van der Waals surface area (Å²) < 4.78 is 1.52. The van der Waals surface area contributed by atoms with Gasteiger partial charge in [-0.3, -0.25) is 14.0 Å². The van der Waals surface area contributed by atoms with Gasteiger partial charge >= 0.3 is 0 Å². The van der Waals surface area contributed by atoms with Crippen LogP contribution in [0.15, 0.2) is 35.8 Å². The van der Waals surface area contributed by atoms with Crippen LogP contribution in [0.3, 0.4) is 0 Å². The number of thiazole rings is 1. The fraction of sp³-hybridized carbons (Fsp3) is 0.278. The van der Waals surface area contributed by atoms with Crippen LogP contribution in [0.4, 0.5) is 0 Å². The number of aromatic nitrogens is 2. The predicted octanol–water partition coefficient (Wildman–Crippen LogP) is 3.57. The first kappa shape index (κ1) is 17.6. The molecule has 0 N–H and O–H groups in total. The highest BCUT2D eigenvalue weighted by Crippen LogP contribution is 2.20. The highest BCUT2D eigenvalue weighted by Gasteiger charge is 2.21. The molecule has 0 saturated heterocycles. The summed E-state index contributed by atoms with van der Waals surface area (Å²) in [5.74, 6) is -0.318. The number of nitrogens with zero attached hydrogens (tertiary/aromatic N) is 3. The summed E-state index contributed by atoms with van der Waals surface area (Å²) in [5, 5.41) is 0. The highest BCUT2D eigenvalue weighted by molar-refractivity contribution is 7.17. The molecule has 5 nitrogen and oxygen atoms in total. The topological polar surface area (TPSA) is 54.7 Å². The van der Waals surface area contributed by atoms with E-state index in [0.29, 0.717) is 18.1 Å². The number of hydrogen-bond acceptors (Lipinski definition) is 5. The maximum absolute atomic E-state index is 13.0. The lowest BCUT2D eigenvalue weighted by Crippen LogP contribution is -2.35. The van der Waals surface area contributed by atoms with E-state index in [1.165, 1.54) is 26.8 Å². The monoisotopic (exact) mass is 373 g/mol. The molecule has 1 amide bonds. The Morgan fingerprint density at radius 1 is 1.32 bits per heavy atom. The van der Waals surface area contributed by atoms with Gasteiger partial charge in [-0.2, -0.15) is 0 Å². The largest absolute Gasteiger partial charge is 0.330 e. The van der Waals surface area contributed by atoms with Crippen LogP contribution >= 0.6 is 22.7 Å². The molecule has 3 aromatic heterocycles. The van der Waals surface area contributed by atoms with Gasteiger partial charge in [0, 0.05) is 33.1 Å². The zero-order chi connectivity index (χ0) is 18.1. The van der Waals surface area contributed by atoms with Crippen molar-refractivity contribution in [3.63, 3.8) is 0 Å². The minimum atomic E-state index is -0.318. The van der Waals surface area contributed by atoms with E-state index in [4.69, 9.17) is 0 Å². The molecule has 0 aromatic carbocycles. The molecule has 0 aliphatic heterocycles. The molecule has 25 heavy (non-hydrogen) atoms. The number of rotatable bonds is 5. The maximum atomic E-state index is 13.0. The van der Waals surface area contributed by atoms with E-state index in [1.54, 1.807) is 22.3 Å². The molecule has 3 aromatic rings. The second-order valence-electron chi connectivity index (χ2n) is 5.83. The zero-order valence-electron chi connectivity index (χ0n) is 14.4. The molecule has 0 fully saturated rings. The Kier molecular flexibility index (Phi) is 4.87. The fourth-order valence-corrected chi connectivity index (χ4v) is 4.46. The molecule has 0 radical (unpaired) electrons. The minimum absolute atomic E-state index is 0.0912. The van der Waals surface area contributed by atoms with Crippen molar-refractivity contribution in [3.05, 3.63) is 67.2 Å². The van der Waals surface area contributed by atoms with E-state index in [0.717, 1.165) is 15.4 Å². The lowest BCUT2D eigenvalue weighted by molar-refractivity contribution is 0.0762. The van der Waals surface area contributed by atoms with Crippen molar-refractivity contribution in [2.75, 3.05) is 6.54 Å². The van der Waals surface area contributed by atoms with Gasteiger partial charge in [0.2, 0.25) is 0 Å². The van der Waals surface area contributed by atoms with E-state index >= 15 is 0 Å². The number of aryl methyl sites for hydroxylation is 3. The Morgan fingerprint density at radius 3 is 2.72 bits per heavy atom. The average molecular weight is 374 g/mol. The molecule has 0 atom stereocenters. The summed E-state index contributed by atoms with van der Waals surface area (Å²) in [7, 11) is 0. The first-order valence-corrected chi connectivity index (χ1v) is 9.49. The molecular weight excluding hydrogens is 354 g/mol. The Balaban J connectivity index is 2.00. The van der Waals surface area contributed by atoms with E-state index < -0.39 is 0 Å². The molecule has 0 aliphatic carbocycles. The molecule has 3 rings (SSSR count). The number of carbonyl (C=O) groups is 1. The van der Waals surface area contributed by atoms with E-state index in [-0.39, 0.29) is 17.0 Å². The van der Waals surface area contributed by atoms with Gasteiger partial charge in [-0.1, -0.05) is 6.08 Å². The minimum Gasteiger partial charge on any atom is -0.330 e. The van der Waals surface area contributed by atoms with Crippen LogP contribution in [0.2, 0.25) is 0 Å². The van der Waals surface area contributed by atoms with Crippen LogP contribution in [0.25, 0.3) is 4.96 Å². The van der Waals surface area contributed by atoms with Crippen molar-refractivity contribution >= 4 is 33.5 Å². The number of amides is 1. The lowest BCUT2D eigenvalue weighted by atomic mass is 10.2. The van der Waals surface area contributed by atoms with Crippen LogP contribution in [0.1, 0.15) is 30.7 Å². The Bertz CT molecular complexity index is 1010. The Hall–Kier alpha value is -2.25. The van der Waals surface area contributed by atoms with Crippen LogP contribution in [0.5, 0.6) is 0 Å². The zero-order valence-corrected chi connectivity index (χ0v) is 16.0. The quantitative estimate of drug-likeness (QED) is 0.643. The molecule has 0 aliphatic rings. The summed E-state index contributed by atoms with van der Waals surface area (Å²) in [6.07, 6.45) is 3.06. The maximum Gasteiger partial charge on any atom is 0.271 e. The standard InChI is InChI=1S/C18H19N3O2S2/c1-5-8-20(10-14-7-6-11(2)24-14)16(22)15-9-19-18-21(17(15)23)12(3)13(4)25-18/h5-7,9H,1,8,10H2,2-4H3. The normalized spacial score (nSPS) is 11.0. The number of carbonyl (C=O) groups excluding carboxylic acids is 1. The first-order valence-electron chi connectivity index (χ1n) is 7.85. The molecule has 0 unspecified atom stereocenters. The van der Waals surface area contributed by atoms with Gasteiger partial charge in [-0.25, -0.2) is 4.98 Å². The van der Waals surface area contributed by atoms with Crippen molar-refractivity contribution in [2.24, 2.45) is 0 Å². The highest BCUT2D eigenvalue weighted by atomic mass is 32.1. The molecule has 130 valence electrons. The first-order chi connectivity index (χ1) is 11.9. The molecular formula is C18H19N3O2S2. The van der Waals surface area contributed by atoms with Crippen LogP contribution in [-0.4, -0.2) is 26.7 Å². The summed E-state index contributed by atoms with van der Waals surface area (Å²) in [5.41, 5.74) is 0.609. The number of hydrogen-bond donors (Lipinski definition) is 0. The fourth-order valence-electron chi connectivity index (χ4n) is 2.63. The SMILES string of the molecule is C=CCN(Cc1ccc(C)s1)C(=O)c1cnc2sc(C)c(C)n2c1=O. The van der Waals surface area contributed by atoms with Crippen molar-refractivity contribution < 1.29 is 4.79 Å². The van der Waals surface area contributed by atoms with Gasteiger partial charge in [0.25, 0.3) is 11.5 Å². The summed E-state index contributed by atoms with van der Waals surface area (Å²) >= 11 is 3.09. The van der Waals surface area contributed by atoms with E-state index in [9.17, 15) is 9.59 Å². The number of fused-ring (bicyclic) bond motifs is 1. The second kappa shape index (κ2) is 6.93. The third kappa shape index (κ3) is 3.29. The van der Waals surface area contributed by atoms with Crippen LogP contribution in [-0.2, 0) is 6.54 Å². The smallest absolute Gasteiger partial charge is 0.271 e. The summed E-state index contributed by atoms with van der Waals surface area (Å²) in [6.45, 7) is 10.4. The van der Waals surface area contributed by atoms with Gasteiger partial charge in [0.05, 0.1) is 6.54 Å². The van der Waals surface area contributed by atoms with Crippen molar-refractivity contribution in [1.29, 1.82) is 0 Å². The molecule has 3 heterocycles. The van der Waals surface area contributed by atoms with Crippen LogP contribution in [0, 0.1) is 20.8 Å². The average Bonchev–Trinajstić information content (AvgIpc) is 3.11. The second-order valence-corrected chi connectivity index (χ2v) is 8.38. The van der Waals surface area contributed by atoms with Crippen LogP contribution < -0.4 is 5.56 Å². The predicted molar refractivity (Wildman–Crippen MR) is 103 cm³/mol. The van der Waals surface area contributed by atoms with Gasteiger partial charge in [-0.05, 0) is 32.9 Å². The van der Waals surface area contributed by atoms with Gasteiger partial charge < -0.3 is 4.90 Å². The van der Waals surface area contributed by atoms with E-state index in [2.05, 4.69) is 11.6 Å². The third-order valence-corrected chi connectivity index (χ3v) is 6.09. The van der Waals surface area contributed by atoms with E-state index in [1.807, 2.05) is 32.9 Å². The summed E-state index contributed by atoms with van der Waals surface area (Å²) in [4.78, 5) is 35.6. The van der Waals surface area contributed by atoms with Crippen molar-refractivity contribution in [2.45, 2.75) is 27.3 Å². The molecule has 0 saturated carbocycles. The van der Waals surface area contributed by atoms with Crippen molar-refractivity contribution in [3.8, 4) is 0 Å². The van der Waals surface area contributed by atoms with Gasteiger partial charge in [0.1, 0.15) is 5.56 Å². The lowest BCUT2D eigenvalue weighted by Gasteiger charge is -2.20. The van der Waals surface area contributed by atoms with Gasteiger partial charge in [-0.15, -0.1) is 29.3 Å².